The van der Waals surface area contributed by atoms with E-state index in [4.69, 9.17) is 4.74 Å². The highest BCUT2D eigenvalue weighted by molar-refractivity contribution is 7.98. The van der Waals surface area contributed by atoms with Crippen LogP contribution in [0.25, 0.3) is 0 Å². The van der Waals surface area contributed by atoms with Gasteiger partial charge in [0.2, 0.25) is 10.0 Å². The first-order chi connectivity index (χ1) is 14.4. The molecule has 8 heteroatoms. The zero-order valence-electron chi connectivity index (χ0n) is 17.6. The summed E-state index contributed by atoms with van der Waals surface area (Å²) in [6.45, 7) is 4.11. The van der Waals surface area contributed by atoms with Crippen molar-refractivity contribution < 1.29 is 17.9 Å². The van der Waals surface area contributed by atoms with Crippen molar-refractivity contribution >= 4 is 27.7 Å². The van der Waals surface area contributed by atoms with Crippen LogP contribution in [0.15, 0.2) is 52.3 Å². The average Bonchev–Trinajstić information content (AvgIpc) is 3.28. The molecule has 1 aliphatic heterocycles. The molecule has 1 saturated heterocycles. The third-order valence-corrected chi connectivity index (χ3v) is 7.71. The summed E-state index contributed by atoms with van der Waals surface area (Å²) >= 11 is 1.45. The number of ether oxygens (including phenoxy) is 1. The van der Waals surface area contributed by atoms with Gasteiger partial charge in [0, 0.05) is 31.6 Å². The molecule has 0 aromatic heterocycles. The normalized spacial score (nSPS) is 14.3. The summed E-state index contributed by atoms with van der Waals surface area (Å²) in [5.74, 6) is 0.615. The number of likely N-dealkylation sites (tertiary alicyclic amines) is 1. The van der Waals surface area contributed by atoms with E-state index in [0.717, 1.165) is 36.4 Å². The number of amides is 1. The molecule has 0 spiro atoms. The zero-order chi connectivity index (χ0) is 21.7. The van der Waals surface area contributed by atoms with Gasteiger partial charge in [-0.3, -0.25) is 4.79 Å². The van der Waals surface area contributed by atoms with Crippen LogP contribution in [0.2, 0.25) is 0 Å². The SMILES string of the molecule is CCOc1cccc(CN(C)S(=O)(=O)c2ccc(SC)c(C(=O)N3CCCC3)c2)c1. The third kappa shape index (κ3) is 4.99. The molecule has 0 saturated carbocycles. The Bertz CT molecular complexity index is 1000. The number of carbonyl (C=O) groups is 1. The van der Waals surface area contributed by atoms with Crippen LogP contribution >= 0.6 is 11.8 Å². The first kappa shape index (κ1) is 22.7. The number of thioether (sulfide) groups is 1. The van der Waals surface area contributed by atoms with Gasteiger partial charge in [0.1, 0.15) is 5.75 Å². The molecule has 0 N–H and O–H groups in total. The van der Waals surface area contributed by atoms with Gasteiger partial charge < -0.3 is 9.64 Å². The van der Waals surface area contributed by atoms with Crippen LogP contribution in [0, 0.1) is 0 Å². The summed E-state index contributed by atoms with van der Waals surface area (Å²) < 4.78 is 33.2. The quantitative estimate of drug-likeness (QED) is 0.574. The minimum Gasteiger partial charge on any atom is -0.494 e. The van der Waals surface area contributed by atoms with Gasteiger partial charge >= 0.3 is 0 Å². The molecule has 0 unspecified atom stereocenters. The molecular weight excluding hydrogens is 420 g/mol. The molecule has 0 bridgehead atoms. The van der Waals surface area contributed by atoms with Gasteiger partial charge in [-0.1, -0.05) is 12.1 Å². The fourth-order valence-corrected chi connectivity index (χ4v) is 5.28. The number of sulfonamides is 1. The van der Waals surface area contributed by atoms with Crippen LogP contribution in [-0.2, 0) is 16.6 Å². The molecule has 1 fully saturated rings. The second-order valence-corrected chi connectivity index (χ2v) is 10.1. The van der Waals surface area contributed by atoms with E-state index >= 15 is 0 Å². The third-order valence-electron chi connectivity index (χ3n) is 5.12. The Morgan fingerprint density at radius 1 is 1.17 bits per heavy atom. The topological polar surface area (TPSA) is 66.9 Å². The molecule has 2 aromatic rings. The van der Waals surface area contributed by atoms with E-state index in [-0.39, 0.29) is 17.3 Å². The Balaban J connectivity index is 1.86. The number of rotatable bonds is 8. The van der Waals surface area contributed by atoms with E-state index < -0.39 is 10.0 Å². The Hall–Kier alpha value is -2.03. The summed E-state index contributed by atoms with van der Waals surface area (Å²) in [5, 5.41) is 0. The summed E-state index contributed by atoms with van der Waals surface area (Å²) in [5.41, 5.74) is 1.29. The first-order valence-corrected chi connectivity index (χ1v) is 12.7. The Morgan fingerprint density at radius 2 is 1.90 bits per heavy atom. The maximum Gasteiger partial charge on any atom is 0.255 e. The van der Waals surface area contributed by atoms with Crippen molar-refractivity contribution in [3.8, 4) is 5.75 Å². The number of benzene rings is 2. The molecule has 1 amide bonds. The molecule has 2 aromatic carbocycles. The summed E-state index contributed by atoms with van der Waals surface area (Å²) in [6.07, 6.45) is 3.87. The molecule has 0 aliphatic carbocycles. The number of hydrogen-bond acceptors (Lipinski definition) is 5. The number of nitrogens with zero attached hydrogens (tertiary/aromatic N) is 2. The van der Waals surface area contributed by atoms with Crippen molar-refractivity contribution in [2.75, 3.05) is 33.0 Å². The van der Waals surface area contributed by atoms with Gasteiger partial charge in [-0.25, -0.2) is 8.42 Å². The summed E-state index contributed by atoms with van der Waals surface area (Å²) in [7, 11) is -2.21. The van der Waals surface area contributed by atoms with E-state index in [9.17, 15) is 13.2 Å². The Kier molecular flexibility index (Phi) is 7.44. The first-order valence-electron chi connectivity index (χ1n) is 10.0. The smallest absolute Gasteiger partial charge is 0.255 e. The van der Waals surface area contributed by atoms with Crippen molar-refractivity contribution in [1.82, 2.24) is 9.21 Å². The Labute approximate surface area is 183 Å². The van der Waals surface area contributed by atoms with Crippen molar-refractivity contribution in [2.45, 2.75) is 36.1 Å². The van der Waals surface area contributed by atoms with Crippen LogP contribution in [0.3, 0.4) is 0 Å². The van der Waals surface area contributed by atoms with Gasteiger partial charge in [-0.15, -0.1) is 11.8 Å². The zero-order valence-corrected chi connectivity index (χ0v) is 19.3. The van der Waals surface area contributed by atoms with Crippen LogP contribution in [0.5, 0.6) is 5.75 Å². The van der Waals surface area contributed by atoms with Crippen molar-refractivity contribution in [3.63, 3.8) is 0 Å². The molecule has 1 aliphatic rings. The minimum absolute atomic E-state index is 0.0963. The highest BCUT2D eigenvalue weighted by atomic mass is 32.2. The summed E-state index contributed by atoms with van der Waals surface area (Å²) in [4.78, 5) is 15.7. The maximum atomic E-state index is 13.2. The van der Waals surface area contributed by atoms with Crippen LogP contribution in [-0.4, -0.2) is 56.5 Å². The fourth-order valence-electron chi connectivity index (χ4n) is 3.53. The number of carbonyl (C=O) groups excluding carboxylic acids is 1. The molecule has 6 nitrogen and oxygen atoms in total. The monoisotopic (exact) mass is 448 g/mol. The van der Waals surface area contributed by atoms with E-state index in [0.29, 0.717) is 17.9 Å². The molecular formula is C22H28N2O4S2. The fraction of sp³-hybridized carbons (Fsp3) is 0.409. The van der Waals surface area contributed by atoms with E-state index in [1.165, 1.54) is 22.1 Å². The molecule has 3 rings (SSSR count). The lowest BCUT2D eigenvalue weighted by atomic mass is 10.2. The molecule has 162 valence electrons. The van der Waals surface area contributed by atoms with Crippen molar-refractivity contribution in [1.29, 1.82) is 0 Å². The molecule has 1 heterocycles. The van der Waals surface area contributed by atoms with Crippen molar-refractivity contribution in [2.24, 2.45) is 0 Å². The van der Waals surface area contributed by atoms with Crippen LogP contribution in [0.1, 0.15) is 35.7 Å². The van der Waals surface area contributed by atoms with Gasteiger partial charge in [-0.2, -0.15) is 4.31 Å². The van der Waals surface area contributed by atoms with Gasteiger partial charge in [0.25, 0.3) is 5.91 Å². The predicted molar refractivity (Wildman–Crippen MR) is 120 cm³/mol. The number of hydrogen-bond donors (Lipinski definition) is 0. The van der Waals surface area contributed by atoms with Gasteiger partial charge in [0.15, 0.2) is 0 Å². The highest BCUT2D eigenvalue weighted by Crippen LogP contribution is 2.28. The van der Waals surface area contributed by atoms with Crippen LogP contribution < -0.4 is 4.74 Å². The van der Waals surface area contributed by atoms with E-state index in [2.05, 4.69) is 0 Å². The largest absolute Gasteiger partial charge is 0.494 e. The highest BCUT2D eigenvalue weighted by Gasteiger charge is 2.26. The Morgan fingerprint density at radius 3 is 2.57 bits per heavy atom. The second-order valence-electron chi connectivity index (χ2n) is 7.20. The molecule has 0 radical (unpaired) electrons. The molecule has 30 heavy (non-hydrogen) atoms. The maximum absolute atomic E-state index is 13.2. The van der Waals surface area contributed by atoms with E-state index in [1.54, 1.807) is 24.1 Å². The summed E-state index contributed by atoms with van der Waals surface area (Å²) in [6, 6.07) is 12.2. The lowest BCUT2D eigenvalue weighted by Gasteiger charge is -2.20. The molecule has 0 atom stereocenters. The van der Waals surface area contributed by atoms with Gasteiger partial charge in [-0.05, 0) is 61.9 Å². The predicted octanol–water partition coefficient (Wildman–Crippen LogP) is 3.86. The standard InChI is InChI=1S/C22H28N2O4S2/c1-4-28-18-9-7-8-17(14-18)16-23(2)30(26,27)19-10-11-21(29-3)20(15-19)22(25)24-12-5-6-13-24/h7-11,14-15H,4-6,12-13,16H2,1-3H3. The second kappa shape index (κ2) is 9.85. The minimum atomic E-state index is -3.75. The van der Waals surface area contributed by atoms with Crippen molar-refractivity contribution in [3.05, 3.63) is 53.6 Å². The van der Waals surface area contributed by atoms with Gasteiger partial charge in [0.05, 0.1) is 17.1 Å². The van der Waals surface area contributed by atoms with E-state index in [1.807, 2.05) is 37.4 Å². The van der Waals surface area contributed by atoms with Crippen LogP contribution in [0.4, 0.5) is 0 Å². The lowest BCUT2D eigenvalue weighted by molar-refractivity contribution is 0.0789. The average molecular weight is 449 g/mol. The lowest BCUT2D eigenvalue weighted by Crippen LogP contribution is -2.29.